The average Bonchev–Trinajstić information content (AvgIpc) is 3.38. The molecule has 1 fully saturated rings. The van der Waals surface area contributed by atoms with Crippen LogP contribution in [0.3, 0.4) is 0 Å². The Bertz CT molecular complexity index is 1300. The third-order valence-electron chi connectivity index (χ3n) is 6.47. The summed E-state index contributed by atoms with van der Waals surface area (Å²) in [6.45, 7) is 1.66. The van der Waals surface area contributed by atoms with E-state index in [4.69, 9.17) is 0 Å². The Morgan fingerprint density at radius 2 is 1.65 bits per heavy atom. The molecule has 0 bridgehead atoms. The standard InChI is InChI=1S/C28H30FN3O4S/c1-19(28(35)31-22-9-3-4-10-22)32(25-12-6-8-20-7-2-5-11-24(20)25)27(34)18-37(36)17-26(33)30-23-15-13-21(29)14-16-23/h2,5-8,11-16,19,22H,3-4,9-10,17-18H2,1H3,(H,30,33)(H,31,35)/t19-,37+/m1/s1. The average molecular weight is 524 g/mol. The van der Waals surface area contributed by atoms with Crippen LogP contribution in [0.2, 0.25) is 0 Å². The van der Waals surface area contributed by atoms with Gasteiger partial charge in [-0.25, -0.2) is 4.39 Å². The molecule has 3 aromatic rings. The van der Waals surface area contributed by atoms with Crippen molar-refractivity contribution >= 4 is 50.7 Å². The highest BCUT2D eigenvalue weighted by atomic mass is 32.2. The molecule has 0 aliphatic heterocycles. The molecule has 7 nitrogen and oxygen atoms in total. The number of benzene rings is 3. The summed E-state index contributed by atoms with van der Waals surface area (Å²) in [7, 11) is -1.83. The summed E-state index contributed by atoms with van der Waals surface area (Å²) in [5.74, 6) is -2.62. The van der Waals surface area contributed by atoms with E-state index in [0.717, 1.165) is 36.5 Å². The van der Waals surface area contributed by atoms with Crippen LogP contribution in [0.15, 0.2) is 66.7 Å². The zero-order valence-corrected chi connectivity index (χ0v) is 21.4. The van der Waals surface area contributed by atoms with Gasteiger partial charge in [0.05, 0.1) is 5.69 Å². The zero-order valence-electron chi connectivity index (χ0n) is 20.6. The Kier molecular flexibility index (Phi) is 8.66. The van der Waals surface area contributed by atoms with Crippen molar-refractivity contribution in [3.63, 3.8) is 0 Å². The molecule has 9 heteroatoms. The molecule has 0 unspecified atom stereocenters. The first-order chi connectivity index (χ1) is 17.8. The number of rotatable bonds is 9. The maximum atomic E-state index is 13.5. The van der Waals surface area contributed by atoms with Crippen LogP contribution < -0.4 is 15.5 Å². The normalized spacial score (nSPS) is 15.2. The molecule has 3 aromatic carbocycles. The third-order valence-corrected chi connectivity index (χ3v) is 7.62. The minimum Gasteiger partial charge on any atom is -0.352 e. The molecule has 0 spiro atoms. The van der Waals surface area contributed by atoms with Gasteiger partial charge in [-0.05, 0) is 55.5 Å². The second kappa shape index (κ2) is 12.1. The first-order valence-corrected chi connectivity index (χ1v) is 13.8. The molecule has 2 atom stereocenters. The Labute approximate surface area is 217 Å². The van der Waals surface area contributed by atoms with Crippen LogP contribution >= 0.6 is 0 Å². The quantitative estimate of drug-likeness (QED) is 0.441. The molecular weight excluding hydrogens is 493 g/mol. The smallest absolute Gasteiger partial charge is 0.243 e. The second-order valence-corrected chi connectivity index (χ2v) is 10.7. The molecule has 194 valence electrons. The van der Waals surface area contributed by atoms with E-state index in [-0.39, 0.29) is 11.9 Å². The van der Waals surface area contributed by atoms with E-state index < -0.39 is 46.0 Å². The van der Waals surface area contributed by atoms with Crippen molar-refractivity contribution in [1.82, 2.24) is 5.32 Å². The minimum atomic E-state index is -1.83. The van der Waals surface area contributed by atoms with Crippen LogP contribution in [0.1, 0.15) is 32.6 Å². The van der Waals surface area contributed by atoms with Gasteiger partial charge in [0.2, 0.25) is 17.7 Å². The number of hydrogen-bond acceptors (Lipinski definition) is 4. The predicted octanol–water partition coefficient (Wildman–Crippen LogP) is 4.15. The molecular formula is C28H30FN3O4S. The lowest BCUT2D eigenvalue weighted by molar-refractivity contribution is -0.125. The second-order valence-electron chi connectivity index (χ2n) is 9.21. The van der Waals surface area contributed by atoms with Gasteiger partial charge in [-0.1, -0.05) is 49.2 Å². The van der Waals surface area contributed by atoms with Crippen molar-refractivity contribution in [2.75, 3.05) is 21.7 Å². The van der Waals surface area contributed by atoms with E-state index >= 15 is 0 Å². The van der Waals surface area contributed by atoms with E-state index in [1.807, 2.05) is 36.4 Å². The van der Waals surface area contributed by atoms with Gasteiger partial charge in [-0.2, -0.15) is 0 Å². The number of fused-ring (bicyclic) bond motifs is 1. The number of halogens is 1. The molecule has 0 saturated heterocycles. The van der Waals surface area contributed by atoms with Gasteiger partial charge in [0.15, 0.2) is 0 Å². The van der Waals surface area contributed by atoms with Crippen molar-refractivity contribution in [1.29, 1.82) is 0 Å². The Morgan fingerprint density at radius 1 is 0.973 bits per heavy atom. The van der Waals surface area contributed by atoms with E-state index in [1.165, 1.54) is 29.2 Å². The van der Waals surface area contributed by atoms with E-state index in [9.17, 15) is 23.0 Å². The Hall–Kier alpha value is -3.59. The van der Waals surface area contributed by atoms with Gasteiger partial charge < -0.3 is 10.6 Å². The highest BCUT2D eigenvalue weighted by Gasteiger charge is 2.31. The summed E-state index contributed by atoms with van der Waals surface area (Å²) in [5.41, 5.74) is 0.911. The molecule has 2 N–H and O–H groups in total. The van der Waals surface area contributed by atoms with Gasteiger partial charge in [-0.15, -0.1) is 0 Å². The van der Waals surface area contributed by atoms with E-state index in [2.05, 4.69) is 10.6 Å². The van der Waals surface area contributed by atoms with Gasteiger partial charge in [0, 0.05) is 27.9 Å². The molecule has 1 saturated carbocycles. The summed E-state index contributed by atoms with van der Waals surface area (Å²) in [6.07, 6.45) is 3.94. The molecule has 37 heavy (non-hydrogen) atoms. The van der Waals surface area contributed by atoms with Crippen molar-refractivity contribution < 1.29 is 23.0 Å². The zero-order chi connectivity index (χ0) is 26.4. The summed E-state index contributed by atoms with van der Waals surface area (Å²) < 4.78 is 25.9. The van der Waals surface area contributed by atoms with Crippen LogP contribution in [-0.2, 0) is 25.2 Å². The van der Waals surface area contributed by atoms with Gasteiger partial charge in [-0.3, -0.25) is 23.5 Å². The minimum absolute atomic E-state index is 0.0868. The molecule has 0 aromatic heterocycles. The van der Waals surface area contributed by atoms with Crippen LogP contribution in [0.5, 0.6) is 0 Å². The summed E-state index contributed by atoms with van der Waals surface area (Å²) in [4.78, 5) is 40.5. The van der Waals surface area contributed by atoms with Gasteiger partial charge >= 0.3 is 0 Å². The largest absolute Gasteiger partial charge is 0.352 e. The number of amides is 3. The number of carbonyl (C=O) groups excluding carboxylic acids is 3. The van der Waals surface area contributed by atoms with Gasteiger partial charge in [0.1, 0.15) is 23.4 Å². The Balaban J connectivity index is 1.52. The number of nitrogens with one attached hydrogen (secondary N) is 2. The lowest BCUT2D eigenvalue weighted by Crippen LogP contribution is -2.51. The van der Waals surface area contributed by atoms with Crippen molar-refractivity contribution in [2.45, 2.75) is 44.7 Å². The fourth-order valence-electron chi connectivity index (χ4n) is 4.62. The topological polar surface area (TPSA) is 95.6 Å². The number of nitrogens with zero attached hydrogens (tertiary/aromatic N) is 1. The van der Waals surface area contributed by atoms with Crippen LogP contribution in [-0.4, -0.2) is 45.5 Å². The van der Waals surface area contributed by atoms with Crippen LogP contribution in [0.4, 0.5) is 15.8 Å². The lowest BCUT2D eigenvalue weighted by Gasteiger charge is -2.30. The third kappa shape index (κ3) is 6.80. The summed E-state index contributed by atoms with van der Waals surface area (Å²) >= 11 is 0. The molecule has 1 aliphatic carbocycles. The highest BCUT2D eigenvalue weighted by molar-refractivity contribution is 7.86. The number of carbonyl (C=O) groups is 3. The van der Waals surface area contributed by atoms with Crippen molar-refractivity contribution in [3.05, 3.63) is 72.5 Å². The highest BCUT2D eigenvalue weighted by Crippen LogP contribution is 2.29. The first-order valence-electron chi connectivity index (χ1n) is 12.3. The monoisotopic (exact) mass is 523 g/mol. The van der Waals surface area contributed by atoms with Gasteiger partial charge in [0.25, 0.3) is 0 Å². The summed E-state index contributed by atoms with van der Waals surface area (Å²) in [5, 5.41) is 7.30. The van der Waals surface area contributed by atoms with Crippen LogP contribution in [0.25, 0.3) is 10.8 Å². The number of anilines is 2. The van der Waals surface area contributed by atoms with Crippen molar-refractivity contribution in [3.8, 4) is 0 Å². The maximum absolute atomic E-state index is 13.5. The molecule has 0 heterocycles. The maximum Gasteiger partial charge on any atom is 0.243 e. The van der Waals surface area contributed by atoms with Crippen molar-refractivity contribution in [2.24, 2.45) is 0 Å². The lowest BCUT2D eigenvalue weighted by atomic mass is 10.1. The molecule has 4 rings (SSSR count). The molecule has 3 amide bonds. The SMILES string of the molecule is C[C@H](C(=O)NC1CCCC1)N(C(=O)C[S@@](=O)CC(=O)Nc1ccc(F)cc1)c1cccc2ccccc12. The van der Waals surface area contributed by atoms with Crippen LogP contribution in [0, 0.1) is 5.82 Å². The molecule has 0 radical (unpaired) electrons. The number of hydrogen-bond donors (Lipinski definition) is 2. The summed E-state index contributed by atoms with van der Waals surface area (Å²) in [6, 6.07) is 17.5. The van der Waals surface area contributed by atoms with E-state index in [0.29, 0.717) is 11.4 Å². The Morgan fingerprint density at radius 3 is 2.38 bits per heavy atom. The molecule has 1 aliphatic rings. The fourth-order valence-corrected chi connectivity index (χ4v) is 5.50. The first kappa shape index (κ1) is 26.5. The predicted molar refractivity (Wildman–Crippen MR) is 144 cm³/mol. The van der Waals surface area contributed by atoms with E-state index in [1.54, 1.807) is 13.0 Å². The fraction of sp³-hybridized carbons (Fsp3) is 0.321.